The summed E-state index contributed by atoms with van der Waals surface area (Å²) in [6.45, 7) is 2.98. The number of carbonyl (C=O) groups excluding carboxylic acids is 1. The molecule has 0 spiro atoms. The van der Waals surface area contributed by atoms with Crippen LogP contribution in [-0.2, 0) is 11.2 Å². The van der Waals surface area contributed by atoms with Crippen LogP contribution in [0.4, 0.5) is 0 Å². The maximum Gasteiger partial charge on any atom is 0.218 e. The second-order valence-corrected chi connectivity index (χ2v) is 8.66. The van der Waals surface area contributed by atoms with Gasteiger partial charge in [0.15, 0.2) is 0 Å². The number of nitrogens with zero attached hydrogens (tertiary/aromatic N) is 1. The second kappa shape index (κ2) is 10.3. The molecule has 1 aliphatic rings. The summed E-state index contributed by atoms with van der Waals surface area (Å²) in [7, 11) is 1.68. The number of hydrogen-bond donors (Lipinski definition) is 1. The number of fused-ring (bicyclic) bond motifs is 1. The van der Waals surface area contributed by atoms with Crippen LogP contribution in [0, 0.1) is 6.92 Å². The van der Waals surface area contributed by atoms with Gasteiger partial charge in [0.2, 0.25) is 5.88 Å². The van der Waals surface area contributed by atoms with Crippen molar-refractivity contribution in [3.8, 4) is 28.3 Å². The Kier molecular flexibility index (Phi) is 7.23. The van der Waals surface area contributed by atoms with Gasteiger partial charge in [-0.3, -0.25) is 0 Å². The average molecular weight is 449 g/mol. The van der Waals surface area contributed by atoms with Crippen molar-refractivity contribution in [3.05, 3.63) is 70.2 Å². The van der Waals surface area contributed by atoms with Crippen LogP contribution in [0.1, 0.15) is 48.4 Å². The van der Waals surface area contributed by atoms with Crippen LogP contribution in [0.15, 0.2) is 48.5 Å². The molecule has 32 heavy (non-hydrogen) atoms. The quantitative estimate of drug-likeness (QED) is 0.307. The normalized spacial score (nSPS) is 14.9. The smallest absolute Gasteiger partial charge is 0.218 e. The van der Waals surface area contributed by atoms with E-state index in [4.69, 9.17) is 21.3 Å². The second-order valence-electron chi connectivity index (χ2n) is 8.28. The standard InChI is InChI=1S/C27H29ClN2O2/c1-18-9-4-5-10-20(18)21-11-8-12-22(26(21)28)24-17-19-13-14-23(25(19)27(30-24)32-2)29-15-6-3-7-16-31/h4-5,8-12,16-17,23,29H,3,6-7,13-15H2,1-2H3. The Labute approximate surface area is 195 Å². The number of hydrogen-bond acceptors (Lipinski definition) is 4. The summed E-state index contributed by atoms with van der Waals surface area (Å²) in [5.41, 5.74) is 7.50. The van der Waals surface area contributed by atoms with Gasteiger partial charge in [-0.1, -0.05) is 54.1 Å². The molecule has 4 rings (SSSR count). The summed E-state index contributed by atoms with van der Waals surface area (Å²) >= 11 is 6.92. The van der Waals surface area contributed by atoms with Crippen LogP contribution in [0.25, 0.3) is 22.4 Å². The number of ether oxygens (including phenoxy) is 1. The highest BCUT2D eigenvalue weighted by Gasteiger charge is 2.28. The van der Waals surface area contributed by atoms with Crippen LogP contribution >= 0.6 is 11.6 Å². The zero-order valence-electron chi connectivity index (χ0n) is 18.7. The molecule has 166 valence electrons. The highest BCUT2D eigenvalue weighted by molar-refractivity contribution is 6.36. The van der Waals surface area contributed by atoms with Gasteiger partial charge in [-0.15, -0.1) is 0 Å². The van der Waals surface area contributed by atoms with E-state index < -0.39 is 0 Å². The van der Waals surface area contributed by atoms with Crippen molar-refractivity contribution >= 4 is 17.9 Å². The summed E-state index contributed by atoms with van der Waals surface area (Å²) < 4.78 is 5.73. The molecule has 0 aliphatic heterocycles. The summed E-state index contributed by atoms with van der Waals surface area (Å²) in [4.78, 5) is 15.4. The Morgan fingerprint density at radius 1 is 1.12 bits per heavy atom. The third-order valence-corrected chi connectivity index (χ3v) is 6.61. The Bertz CT molecular complexity index is 1110. The number of halogens is 1. The van der Waals surface area contributed by atoms with Crippen molar-refractivity contribution in [3.63, 3.8) is 0 Å². The molecular formula is C27H29ClN2O2. The van der Waals surface area contributed by atoms with Gasteiger partial charge < -0.3 is 14.8 Å². The van der Waals surface area contributed by atoms with Crippen LogP contribution in [-0.4, -0.2) is 24.9 Å². The Balaban J connectivity index is 1.65. The minimum atomic E-state index is 0.228. The molecule has 5 heteroatoms. The molecule has 0 saturated heterocycles. The first-order chi connectivity index (χ1) is 15.6. The van der Waals surface area contributed by atoms with Crippen molar-refractivity contribution < 1.29 is 9.53 Å². The Morgan fingerprint density at radius 3 is 2.69 bits per heavy atom. The number of pyridine rings is 1. The highest BCUT2D eigenvalue weighted by Crippen LogP contribution is 2.42. The number of carbonyl (C=O) groups is 1. The van der Waals surface area contributed by atoms with E-state index in [1.807, 2.05) is 24.3 Å². The molecule has 1 N–H and O–H groups in total. The van der Waals surface area contributed by atoms with Crippen molar-refractivity contribution in [2.45, 2.75) is 45.1 Å². The number of aldehydes is 1. The van der Waals surface area contributed by atoms with Crippen LogP contribution < -0.4 is 10.1 Å². The van der Waals surface area contributed by atoms with E-state index in [-0.39, 0.29) is 6.04 Å². The highest BCUT2D eigenvalue weighted by atomic mass is 35.5. The molecule has 1 aromatic heterocycles. The zero-order chi connectivity index (χ0) is 22.5. The molecule has 0 radical (unpaired) electrons. The van der Waals surface area contributed by atoms with Crippen LogP contribution in [0.3, 0.4) is 0 Å². The van der Waals surface area contributed by atoms with Gasteiger partial charge in [-0.25, -0.2) is 4.98 Å². The Hall–Kier alpha value is -2.69. The van der Waals surface area contributed by atoms with Gasteiger partial charge in [0, 0.05) is 29.2 Å². The lowest BCUT2D eigenvalue weighted by Gasteiger charge is -2.18. The van der Waals surface area contributed by atoms with Gasteiger partial charge >= 0.3 is 0 Å². The number of methoxy groups -OCH3 is 1. The summed E-state index contributed by atoms with van der Waals surface area (Å²) in [5.74, 6) is 0.665. The molecule has 4 nitrogen and oxygen atoms in total. The third kappa shape index (κ3) is 4.57. The van der Waals surface area contributed by atoms with Crippen molar-refractivity contribution in [2.75, 3.05) is 13.7 Å². The fraction of sp³-hybridized carbons (Fsp3) is 0.333. The summed E-state index contributed by atoms with van der Waals surface area (Å²) in [5, 5.41) is 4.32. The van der Waals surface area contributed by atoms with E-state index in [9.17, 15) is 4.79 Å². The molecule has 0 fully saturated rings. The van der Waals surface area contributed by atoms with E-state index in [0.717, 1.165) is 66.5 Å². The van der Waals surface area contributed by atoms with Gasteiger partial charge in [0.05, 0.1) is 17.8 Å². The van der Waals surface area contributed by atoms with Gasteiger partial charge in [-0.2, -0.15) is 0 Å². The number of nitrogens with one attached hydrogen (secondary N) is 1. The van der Waals surface area contributed by atoms with Crippen LogP contribution in [0.2, 0.25) is 5.02 Å². The minimum Gasteiger partial charge on any atom is -0.481 e. The molecule has 3 aromatic rings. The number of unbranched alkanes of at least 4 members (excludes halogenated alkanes) is 2. The Morgan fingerprint density at radius 2 is 1.91 bits per heavy atom. The largest absolute Gasteiger partial charge is 0.481 e. The van der Waals surface area contributed by atoms with E-state index in [0.29, 0.717) is 17.3 Å². The average Bonchev–Trinajstić information content (AvgIpc) is 3.22. The summed E-state index contributed by atoms with van der Waals surface area (Å²) in [6.07, 6.45) is 5.50. The number of benzene rings is 2. The zero-order valence-corrected chi connectivity index (χ0v) is 19.4. The molecule has 0 saturated carbocycles. The number of rotatable bonds is 9. The van der Waals surface area contributed by atoms with Crippen molar-refractivity contribution in [2.24, 2.45) is 0 Å². The molecule has 2 aromatic carbocycles. The van der Waals surface area contributed by atoms with E-state index >= 15 is 0 Å². The first-order valence-corrected chi connectivity index (χ1v) is 11.6. The fourth-order valence-electron chi connectivity index (χ4n) is 4.55. The lowest BCUT2D eigenvalue weighted by atomic mass is 9.97. The van der Waals surface area contributed by atoms with Crippen LogP contribution in [0.5, 0.6) is 5.88 Å². The first-order valence-electron chi connectivity index (χ1n) is 11.2. The van der Waals surface area contributed by atoms with Crippen molar-refractivity contribution in [1.82, 2.24) is 10.3 Å². The summed E-state index contributed by atoms with van der Waals surface area (Å²) in [6, 6.07) is 16.8. The molecule has 1 aliphatic carbocycles. The van der Waals surface area contributed by atoms with Gasteiger partial charge in [-0.05, 0) is 61.9 Å². The SMILES string of the molecule is COc1nc(-c2cccc(-c3ccccc3C)c2Cl)cc2c1C(NCCCCC=O)CC2. The molecule has 1 heterocycles. The predicted molar refractivity (Wildman–Crippen MR) is 130 cm³/mol. The first kappa shape index (κ1) is 22.5. The van der Waals surface area contributed by atoms with E-state index in [1.54, 1.807) is 7.11 Å². The number of aryl methyl sites for hydroxylation is 2. The molecule has 1 unspecified atom stereocenters. The third-order valence-electron chi connectivity index (χ3n) is 6.20. The molecule has 0 bridgehead atoms. The molecule has 0 amide bonds. The maximum atomic E-state index is 10.5. The number of aromatic nitrogens is 1. The predicted octanol–water partition coefficient (Wildman–Crippen LogP) is 6.33. The van der Waals surface area contributed by atoms with Gasteiger partial charge in [0.25, 0.3) is 0 Å². The molecule has 1 atom stereocenters. The maximum absolute atomic E-state index is 10.5. The van der Waals surface area contributed by atoms with Crippen molar-refractivity contribution in [1.29, 1.82) is 0 Å². The fourth-order valence-corrected chi connectivity index (χ4v) is 4.87. The molecular weight excluding hydrogens is 420 g/mol. The van der Waals surface area contributed by atoms with E-state index in [2.05, 4.69) is 36.5 Å². The lowest BCUT2D eigenvalue weighted by molar-refractivity contribution is -0.107. The van der Waals surface area contributed by atoms with E-state index in [1.165, 1.54) is 11.1 Å². The monoisotopic (exact) mass is 448 g/mol. The topological polar surface area (TPSA) is 51.2 Å². The lowest BCUT2D eigenvalue weighted by Crippen LogP contribution is -2.21. The minimum absolute atomic E-state index is 0.228. The van der Waals surface area contributed by atoms with Gasteiger partial charge in [0.1, 0.15) is 6.29 Å².